The number of hydrogen-bond donors (Lipinski definition) is 3. The van der Waals surface area contributed by atoms with Crippen LogP contribution < -0.4 is 16.0 Å². The number of piperidine rings is 1. The first-order chi connectivity index (χ1) is 9.63. The molecule has 20 heavy (non-hydrogen) atoms. The molecule has 2 rings (SSSR count). The zero-order valence-corrected chi connectivity index (χ0v) is 12.0. The molecule has 2 heterocycles. The molecule has 1 aliphatic heterocycles. The lowest BCUT2D eigenvalue weighted by Gasteiger charge is -2.26. The van der Waals surface area contributed by atoms with E-state index < -0.39 is 6.04 Å². The molecule has 1 aromatic heterocycles. The summed E-state index contributed by atoms with van der Waals surface area (Å²) < 4.78 is 2.02. The Morgan fingerprint density at radius 2 is 2.10 bits per heavy atom. The number of nitrogens with zero attached hydrogens (tertiary/aromatic N) is 1. The van der Waals surface area contributed by atoms with Crippen molar-refractivity contribution in [3.63, 3.8) is 0 Å². The van der Waals surface area contributed by atoms with Gasteiger partial charge in [0.2, 0.25) is 5.91 Å². The monoisotopic (exact) mass is 278 g/mol. The first kappa shape index (κ1) is 14.6. The van der Waals surface area contributed by atoms with Gasteiger partial charge >= 0.3 is 0 Å². The summed E-state index contributed by atoms with van der Waals surface area (Å²) in [5.41, 5.74) is 0.618. The van der Waals surface area contributed by atoms with E-state index in [-0.39, 0.29) is 11.8 Å². The molecule has 0 aromatic carbocycles. The van der Waals surface area contributed by atoms with Gasteiger partial charge in [-0.2, -0.15) is 0 Å². The summed E-state index contributed by atoms with van der Waals surface area (Å²) >= 11 is 0. The average molecular weight is 278 g/mol. The molecule has 0 saturated carbocycles. The van der Waals surface area contributed by atoms with Crippen LogP contribution in [0.4, 0.5) is 0 Å². The summed E-state index contributed by atoms with van der Waals surface area (Å²) in [5.74, 6) is -0.400. The minimum atomic E-state index is -0.538. The molecule has 6 heteroatoms. The Morgan fingerprint density at radius 3 is 2.75 bits per heavy atom. The number of amides is 2. The molecule has 0 bridgehead atoms. The lowest BCUT2D eigenvalue weighted by atomic mass is 10.1. The normalized spacial score (nSPS) is 17.5. The van der Waals surface area contributed by atoms with Crippen LogP contribution >= 0.6 is 0 Å². The second-order valence-electron chi connectivity index (χ2n) is 5.09. The van der Waals surface area contributed by atoms with E-state index in [1.54, 1.807) is 20.0 Å². The Hall–Kier alpha value is -1.82. The largest absolute Gasteiger partial charge is 0.357 e. The molecule has 0 aliphatic carbocycles. The van der Waals surface area contributed by atoms with Crippen LogP contribution in [0.2, 0.25) is 0 Å². The zero-order chi connectivity index (χ0) is 14.5. The Balaban J connectivity index is 2.07. The van der Waals surface area contributed by atoms with Crippen LogP contribution in [0.3, 0.4) is 0 Å². The molecular weight excluding hydrogens is 256 g/mol. The highest BCUT2D eigenvalue weighted by Crippen LogP contribution is 2.21. The van der Waals surface area contributed by atoms with Gasteiger partial charge in [0.25, 0.3) is 5.91 Å². The van der Waals surface area contributed by atoms with Gasteiger partial charge < -0.3 is 20.5 Å². The third-order valence-corrected chi connectivity index (χ3v) is 3.70. The van der Waals surface area contributed by atoms with Crippen LogP contribution in [0.5, 0.6) is 0 Å². The fourth-order valence-electron chi connectivity index (χ4n) is 2.54. The van der Waals surface area contributed by atoms with Crippen LogP contribution in [0.1, 0.15) is 36.3 Å². The zero-order valence-electron chi connectivity index (χ0n) is 12.0. The quantitative estimate of drug-likeness (QED) is 0.740. The van der Waals surface area contributed by atoms with Gasteiger partial charge in [-0.3, -0.25) is 9.59 Å². The maximum atomic E-state index is 12.3. The standard InChI is InChI=1S/C14H22N4O2/c1-10(13(19)15-2)17-14(20)12-4-3-9-18(12)11-5-7-16-8-6-11/h3-4,9-11,16H,5-8H2,1-2H3,(H,15,19)(H,17,20). The number of carbonyl (C=O) groups is 2. The number of likely N-dealkylation sites (N-methyl/N-ethyl adjacent to an activating group) is 1. The van der Waals surface area contributed by atoms with Gasteiger partial charge in [0.15, 0.2) is 0 Å². The SMILES string of the molecule is CNC(=O)C(C)NC(=O)c1cccn1C1CCNCC1. The Morgan fingerprint density at radius 1 is 1.40 bits per heavy atom. The van der Waals surface area contributed by atoms with Gasteiger partial charge in [-0.05, 0) is 45.0 Å². The van der Waals surface area contributed by atoms with E-state index in [0.717, 1.165) is 25.9 Å². The second-order valence-corrected chi connectivity index (χ2v) is 5.09. The van der Waals surface area contributed by atoms with Crippen molar-refractivity contribution >= 4 is 11.8 Å². The lowest BCUT2D eigenvalue weighted by Crippen LogP contribution is -2.44. The molecule has 1 aromatic rings. The summed E-state index contributed by atoms with van der Waals surface area (Å²) in [7, 11) is 1.56. The summed E-state index contributed by atoms with van der Waals surface area (Å²) in [6.45, 7) is 3.62. The van der Waals surface area contributed by atoms with E-state index in [9.17, 15) is 9.59 Å². The van der Waals surface area contributed by atoms with Crippen LogP contribution in [-0.4, -0.2) is 42.6 Å². The lowest BCUT2D eigenvalue weighted by molar-refractivity contribution is -0.122. The molecule has 0 spiro atoms. The van der Waals surface area contributed by atoms with Crippen molar-refractivity contribution in [2.45, 2.75) is 31.8 Å². The predicted octanol–water partition coefficient (Wildman–Crippen LogP) is 0.277. The van der Waals surface area contributed by atoms with Gasteiger partial charge in [-0.25, -0.2) is 0 Å². The van der Waals surface area contributed by atoms with E-state index in [1.165, 1.54) is 0 Å². The van der Waals surface area contributed by atoms with Crippen LogP contribution in [0.25, 0.3) is 0 Å². The van der Waals surface area contributed by atoms with Crippen molar-refractivity contribution in [1.82, 2.24) is 20.5 Å². The Bertz CT molecular complexity index is 477. The van der Waals surface area contributed by atoms with Crippen molar-refractivity contribution in [3.8, 4) is 0 Å². The Kier molecular flexibility index (Phi) is 4.79. The summed E-state index contributed by atoms with van der Waals surface area (Å²) in [4.78, 5) is 23.7. The topological polar surface area (TPSA) is 75.2 Å². The Labute approximate surface area is 118 Å². The number of rotatable bonds is 4. The van der Waals surface area contributed by atoms with E-state index >= 15 is 0 Å². The smallest absolute Gasteiger partial charge is 0.268 e. The third kappa shape index (κ3) is 3.19. The minimum Gasteiger partial charge on any atom is -0.357 e. The maximum absolute atomic E-state index is 12.3. The van der Waals surface area contributed by atoms with Crippen molar-refractivity contribution < 1.29 is 9.59 Å². The molecular formula is C14H22N4O2. The van der Waals surface area contributed by atoms with Crippen LogP contribution in [0, 0.1) is 0 Å². The first-order valence-electron chi connectivity index (χ1n) is 7.03. The predicted molar refractivity (Wildman–Crippen MR) is 76.6 cm³/mol. The molecule has 1 aliphatic rings. The molecule has 2 amide bonds. The first-order valence-corrected chi connectivity index (χ1v) is 7.03. The summed E-state index contributed by atoms with van der Waals surface area (Å²) in [6, 6.07) is 3.49. The van der Waals surface area contributed by atoms with Gasteiger partial charge in [-0.1, -0.05) is 0 Å². The number of carbonyl (C=O) groups excluding carboxylic acids is 2. The van der Waals surface area contributed by atoms with Crippen molar-refractivity contribution in [1.29, 1.82) is 0 Å². The fourth-order valence-corrected chi connectivity index (χ4v) is 2.54. The molecule has 6 nitrogen and oxygen atoms in total. The van der Waals surface area contributed by atoms with E-state index in [0.29, 0.717) is 11.7 Å². The van der Waals surface area contributed by atoms with E-state index in [4.69, 9.17) is 0 Å². The highest BCUT2D eigenvalue weighted by Gasteiger charge is 2.22. The van der Waals surface area contributed by atoms with E-state index in [2.05, 4.69) is 16.0 Å². The number of aromatic nitrogens is 1. The molecule has 0 radical (unpaired) electrons. The molecule has 1 saturated heterocycles. The average Bonchev–Trinajstić information content (AvgIpc) is 2.96. The van der Waals surface area contributed by atoms with Gasteiger partial charge in [0.05, 0.1) is 0 Å². The van der Waals surface area contributed by atoms with E-state index in [1.807, 2.05) is 16.8 Å². The minimum absolute atomic E-state index is 0.196. The molecule has 1 fully saturated rings. The maximum Gasteiger partial charge on any atom is 0.268 e. The van der Waals surface area contributed by atoms with Gasteiger partial charge in [0, 0.05) is 19.3 Å². The highest BCUT2D eigenvalue weighted by molar-refractivity contribution is 5.96. The second kappa shape index (κ2) is 6.56. The van der Waals surface area contributed by atoms with Crippen molar-refractivity contribution in [3.05, 3.63) is 24.0 Å². The number of hydrogen-bond acceptors (Lipinski definition) is 3. The number of nitrogens with one attached hydrogen (secondary N) is 3. The van der Waals surface area contributed by atoms with Crippen LogP contribution in [-0.2, 0) is 4.79 Å². The molecule has 110 valence electrons. The van der Waals surface area contributed by atoms with Gasteiger partial charge in [0.1, 0.15) is 11.7 Å². The highest BCUT2D eigenvalue weighted by atomic mass is 16.2. The van der Waals surface area contributed by atoms with Crippen LogP contribution in [0.15, 0.2) is 18.3 Å². The van der Waals surface area contributed by atoms with Crippen molar-refractivity contribution in [2.24, 2.45) is 0 Å². The van der Waals surface area contributed by atoms with Gasteiger partial charge in [-0.15, -0.1) is 0 Å². The fraction of sp³-hybridized carbons (Fsp3) is 0.571. The third-order valence-electron chi connectivity index (χ3n) is 3.70. The summed E-state index contributed by atoms with van der Waals surface area (Å²) in [5, 5.41) is 8.56. The molecule has 1 unspecified atom stereocenters. The molecule has 1 atom stereocenters. The summed E-state index contributed by atoms with van der Waals surface area (Å²) in [6.07, 6.45) is 3.97. The molecule has 3 N–H and O–H groups in total. The van der Waals surface area contributed by atoms with Crippen molar-refractivity contribution in [2.75, 3.05) is 20.1 Å².